The Kier molecular flexibility index (Phi) is 2.15. The van der Waals surface area contributed by atoms with Crippen molar-refractivity contribution in [1.82, 2.24) is 9.97 Å². The summed E-state index contributed by atoms with van der Waals surface area (Å²) in [6.07, 6.45) is -1.68. The Morgan fingerprint density at radius 3 is 2.57 bits per heavy atom. The van der Waals surface area contributed by atoms with Crippen LogP contribution in [0.1, 0.15) is 5.01 Å². The van der Waals surface area contributed by atoms with Crippen molar-refractivity contribution in [2.75, 3.05) is 0 Å². The van der Waals surface area contributed by atoms with Crippen molar-refractivity contribution in [2.24, 2.45) is 0 Å². The van der Waals surface area contributed by atoms with E-state index in [9.17, 15) is 13.2 Å². The average Bonchev–Trinajstić information content (AvgIpc) is 2.48. The van der Waals surface area contributed by atoms with Gasteiger partial charge in [-0.3, -0.25) is 4.98 Å². The zero-order valence-electron chi connectivity index (χ0n) is 6.54. The summed E-state index contributed by atoms with van der Waals surface area (Å²) in [5.41, 5.74) is 0.251. The Morgan fingerprint density at radius 1 is 1.29 bits per heavy atom. The highest BCUT2D eigenvalue weighted by atomic mass is 32.1. The molecule has 7 heteroatoms. The van der Waals surface area contributed by atoms with Crippen molar-refractivity contribution in [2.45, 2.75) is 11.1 Å². The molecule has 0 spiro atoms. The summed E-state index contributed by atoms with van der Waals surface area (Å²) in [5.74, 6) is 0. The van der Waals surface area contributed by atoms with Crippen LogP contribution in [-0.2, 0) is 6.18 Å². The second kappa shape index (κ2) is 3.09. The normalized spacial score (nSPS) is 12.3. The van der Waals surface area contributed by atoms with Gasteiger partial charge in [-0.05, 0) is 0 Å². The molecule has 0 aliphatic rings. The van der Waals surface area contributed by atoms with E-state index in [0.29, 0.717) is 20.9 Å². The molecule has 0 fully saturated rings. The maximum absolute atomic E-state index is 12.3. The van der Waals surface area contributed by atoms with Crippen LogP contribution in [0.2, 0.25) is 0 Å². The number of alkyl halides is 3. The first-order valence-electron chi connectivity index (χ1n) is 3.49. The van der Waals surface area contributed by atoms with Crippen LogP contribution in [0.4, 0.5) is 13.2 Å². The van der Waals surface area contributed by atoms with Gasteiger partial charge in [0, 0.05) is 17.3 Å². The molecule has 0 aliphatic heterocycles. The molecule has 0 amide bonds. The number of pyridine rings is 1. The quantitative estimate of drug-likeness (QED) is 0.711. The number of nitrogens with zero attached hydrogens (tertiary/aromatic N) is 2. The van der Waals surface area contributed by atoms with Crippen molar-refractivity contribution >= 4 is 34.2 Å². The zero-order chi connectivity index (χ0) is 10.3. The van der Waals surface area contributed by atoms with Gasteiger partial charge >= 0.3 is 6.18 Å². The minimum atomic E-state index is -4.40. The monoisotopic (exact) mass is 236 g/mol. The largest absolute Gasteiger partial charge is 0.443 e. The molecule has 74 valence electrons. The summed E-state index contributed by atoms with van der Waals surface area (Å²) in [6.45, 7) is 0. The Balaban J connectivity index is 2.69. The summed E-state index contributed by atoms with van der Waals surface area (Å²) in [4.78, 5) is 7.55. The SMILES string of the molecule is FC(F)(F)c1nc2c(S)cncc2s1. The molecule has 2 aromatic heterocycles. The van der Waals surface area contributed by atoms with Gasteiger partial charge in [0.25, 0.3) is 0 Å². The zero-order valence-corrected chi connectivity index (χ0v) is 8.25. The number of rotatable bonds is 0. The van der Waals surface area contributed by atoms with Crippen LogP contribution in [0.3, 0.4) is 0 Å². The van der Waals surface area contributed by atoms with Crippen molar-refractivity contribution in [1.29, 1.82) is 0 Å². The van der Waals surface area contributed by atoms with Crippen molar-refractivity contribution in [3.05, 3.63) is 17.4 Å². The van der Waals surface area contributed by atoms with Gasteiger partial charge in [0.1, 0.15) is 0 Å². The summed E-state index contributed by atoms with van der Waals surface area (Å²) >= 11 is 4.54. The van der Waals surface area contributed by atoms with E-state index in [4.69, 9.17) is 0 Å². The maximum atomic E-state index is 12.3. The molecular weight excluding hydrogens is 233 g/mol. The minimum absolute atomic E-state index is 0.251. The van der Waals surface area contributed by atoms with Crippen LogP contribution in [-0.4, -0.2) is 9.97 Å². The lowest BCUT2D eigenvalue weighted by atomic mass is 10.4. The van der Waals surface area contributed by atoms with Crippen molar-refractivity contribution < 1.29 is 13.2 Å². The van der Waals surface area contributed by atoms with E-state index in [1.54, 1.807) is 0 Å². The van der Waals surface area contributed by atoms with Gasteiger partial charge in [0.05, 0.1) is 10.2 Å². The van der Waals surface area contributed by atoms with E-state index in [2.05, 4.69) is 22.6 Å². The lowest BCUT2D eigenvalue weighted by molar-refractivity contribution is -0.137. The number of thiol groups is 1. The number of thiazole rings is 1. The molecule has 2 heterocycles. The minimum Gasteiger partial charge on any atom is -0.262 e. The van der Waals surface area contributed by atoms with Crippen LogP contribution in [0, 0.1) is 0 Å². The van der Waals surface area contributed by atoms with E-state index in [0.717, 1.165) is 0 Å². The van der Waals surface area contributed by atoms with Gasteiger partial charge < -0.3 is 0 Å². The summed E-state index contributed by atoms with van der Waals surface area (Å²) < 4.78 is 37.2. The van der Waals surface area contributed by atoms with Gasteiger partial charge in [-0.2, -0.15) is 13.2 Å². The average molecular weight is 236 g/mol. The number of hydrogen-bond donors (Lipinski definition) is 1. The molecule has 0 aromatic carbocycles. The van der Waals surface area contributed by atoms with Gasteiger partial charge in [0.2, 0.25) is 0 Å². The standard InChI is InChI=1S/C7H3F3N2S2/c8-7(9,10)6-12-5-3(13)1-11-2-4(5)14-6/h1-2,13H. The number of halogens is 3. The van der Waals surface area contributed by atoms with Gasteiger partial charge in [-0.25, -0.2) is 4.98 Å². The third-order valence-electron chi connectivity index (χ3n) is 1.53. The number of fused-ring (bicyclic) bond motifs is 1. The molecule has 0 bridgehead atoms. The summed E-state index contributed by atoms with van der Waals surface area (Å²) in [6, 6.07) is 0. The molecule has 2 rings (SSSR count). The molecule has 0 N–H and O–H groups in total. The van der Waals surface area contributed by atoms with Gasteiger partial charge in [0.15, 0.2) is 5.01 Å². The van der Waals surface area contributed by atoms with Crippen LogP contribution in [0.5, 0.6) is 0 Å². The van der Waals surface area contributed by atoms with E-state index in [-0.39, 0.29) is 5.52 Å². The maximum Gasteiger partial charge on any atom is 0.443 e. The fourth-order valence-electron chi connectivity index (χ4n) is 0.961. The molecule has 0 aliphatic carbocycles. The Morgan fingerprint density at radius 2 is 2.00 bits per heavy atom. The lowest BCUT2D eigenvalue weighted by Gasteiger charge is -1.98. The highest BCUT2D eigenvalue weighted by Crippen LogP contribution is 2.36. The van der Waals surface area contributed by atoms with E-state index >= 15 is 0 Å². The Labute approximate surface area is 86.2 Å². The first-order chi connectivity index (χ1) is 6.48. The van der Waals surface area contributed by atoms with Crippen LogP contribution in [0.15, 0.2) is 17.3 Å². The third kappa shape index (κ3) is 1.57. The van der Waals surface area contributed by atoms with E-state index in [1.165, 1.54) is 12.4 Å². The molecule has 0 atom stereocenters. The third-order valence-corrected chi connectivity index (χ3v) is 2.89. The van der Waals surface area contributed by atoms with Gasteiger partial charge in [-0.15, -0.1) is 24.0 Å². The van der Waals surface area contributed by atoms with E-state index < -0.39 is 11.2 Å². The smallest absolute Gasteiger partial charge is 0.262 e. The molecule has 0 radical (unpaired) electrons. The second-order valence-corrected chi connectivity index (χ2v) is 4.03. The molecular formula is C7H3F3N2S2. The predicted molar refractivity (Wildman–Crippen MR) is 49.7 cm³/mol. The molecule has 0 unspecified atom stereocenters. The number of hydrogen-bond acceptors (Lipinski definition) is 4. The summed E-state index contributed by atoms with van der Waals surface area (Å²) in [7, 11) is 0. The van der Waals surface area contributed by atoms with Gasteiger partial charge in [-0.1, -0.05) is 0 Å². The fraction of sp³-hybridized carbons (Fsp3) is 0.143. The Bertz CT molecular complexity index is 477. The first-order valence-corrected chi connectivity index (χ1v) is 4.75. The lowest BCUT2D eigenvalue weighted by Crippen LogP contribution is -2.03. The Hall–Kier alpha value is -0.820. The van der Waals surface area contributed by atoms with E-state index in [1.807, 2.05) is 0 Å². The fourth-order valence-corrected chi connectivity index (χ4v) is 2.10. The highest BCUT2D eigenvalue weighted by molar-refractivity contribution is 7.80. The van der Waals surface area contributed by atoms with Crippen molar-refractivity contribution in [3.8, 4) is 0 Å². The number of aromatic nitrogens is 2. The molecule has 0 saturated heterocycles. The highest BCUT2D eigenvalue weighted by Gasteiger charge is 2.35. The van der Waals surface area contributed by atoms with Crippen LogP contribution < -0.4 is 0 Å². The molecule has 14 heavy (non-hydrogen) atoms. The first kappa shape index (κ1) is 9.72. The molecule has 2 aromatic rings. The summed E-state index contributed by atoms with van der Waals surface area (Å²) in [5, 5.41) is -0.865. The predicted octanol–water partition coefficient (Wildman–Crippen LogP) is 3.00. The second-order valence-electron chi connectivity index (χ2n) is 2.52. The molecule has 2 nitrogen and oxygen atoms in total. The van der Waals surface area contributed by atoms with Crippen molar-refractivity contribution in [3.63, 3.8) is 0 Å². The van der Waals surface area contributed by atoms with Crippen LogP contribution in [0.25, 0.3) is 10.2 Å². The topological polar surface area (TPSA) is 25.8 Å². The van der Waals surface area contributed by atoms with Crippen LogP contribution >= 0.6 is 24.0 Å². The molecule has 0 saturated carbocycles.